The molecule has 4 aromatic carbocycles. The van der Waals surface area contributed by atoms with Crippen molar-refractivity contribution < 1.29 is 9.47 Å². The van der Waals surface area contributed by atoms with Gasteiger partial charge in [0.2, 0.25) is 0 Å². The van der Waals surface area contributed by atoms with E-state index in [1.54, 1.807) is 0 Å². The predicted molar refractivity (Wildman–Crippen MR) is 261 cm³/mol. The van der Waals surface area contributed by atoms with E-state index in [1.165, 1.54) is 0 Å². The van der Waals surface area contributed by atoms with Crippen molar-refractivity contribution in [2.24, 2.45) is 0 Å². The highest BCUT2D eigenvalue weighted by molar-refractivity contribution is 9.15. The largest absolute Gasteiger partial charge is 0.490 e. The highest BCUT2D eigenvalue weighted by Crippen LogP contribution is 2.48. The Labute approximate surface area is 405 Å². The van der Waals surface area contributed by atoms with E-state index in [4.69, 9.17) is 9.47 Å². The maximum atomic E-state index is 6.50. The molecule has 0 radical (unpaired) electrons. The number of benzene rings is 4. The molecule has 16 heteroatoms. The highest BCUT2D eigenvalue weighted by Gasteiger charge is 2.30. The first-order valence-corrected chi connectivity index (χ1v) is 26.9. The van der Waals surface area contributed by atoms with Crippen LogP contribution in [0.25, 0.3) is 21.5 Å². The van der Waals surface area contributed by atoms with Crippen LogP contribution in [-0.2, 0) is 5.41 Å². The summed E-state index contributed by atoms with van der Waals surface area (Å²) in [4.78, 5) is 0.981. The van der Waals surface area contributed by atoms with Gasteiger partial charge in [-0.15, -0.1) is 0 Å². The molecule has 0 aliphatic heterocycles. The van der Waals surface area contributed by atoms with Crippen LogP contribution < -0.4 is 9.47 Å². The van der Waals surface area contributed by atoms with Crippen LogP contribution in [0.4, 0.5) is 0 Å². The number of rotatable bonds is 14. The zero-order valence-corrected chi connectivity index (χ0v) is 47.6. The normalized spacial score (nSPS) is 16.0. The fraction of sp³-hybridized carbons (Fsp3) is 0.394. The summed E-state index contributed by atoms with van der Waals surface area (Å²) in [6, 6.07) is 13.2. The molecule has 0 aliphatic carbocycles. The van der Waals surface area contributed by atoms with Crippen LogP contribution in [0.15, 0.2) is 63.2 Å². The van der Waals surface area contributed by atoms with Crippen LogP contribution >= 0.6 is 223 Å². The Morgan fingerprint density at radius 1 is 0.510 bits per heavy atom. The Kier molecular flexibility index (Phi) is 18.5. The second kappa shape index (κ2) is 19.9. The van der Waals surface area contributed by atoms with E-state index < -0.39 is 0 Å². The zero-order chi connectivity index (χ0) is 36.5. The summed E-state index contributed by atoms with van der Waals surface area (Å²) in [5.74, 6) is 1.56. The first-order valence-electron chi connectivity index (χ1n) is 14.4. The molecular weight excluding hydrogens is 1550 g/mol. The van der Waals surface area contributed by atoms with Gasteiger partial charge in [-0.05, 0) is 110 Å². The number of halogens is 14. The van der Waals surface area contributed by atoms with Crippen molar-refractivity contribution >= 4 is 245 Å². The van der Waals surface area contributed by atoms with E-state index in [-0.39, 0.29) is 34.4 Å². The minimum absolute atomic E-state index is 0.0772. The second-order valence-electron chi connectivity index (χ2n) is 11.6. The molecule has 0 heterocycles. The SMILES string of the molecule is CC(C)(c1cc(Br)c2c(OCC(Br)C(Br)C(Br)CBr)c(Br)c(Br)cc2c1)c1cc(Br)c2c(OCC(Br)C(Br)C(Br)CBr)c(Br)c(Br)cc2c1. The van der Waals surface area contributed by atoms with Gasteiger partial charge in [0, 0.05) is 64.0 Å². The summed E-state index contributed by atoms with van der Waals surface area (Å²) >= 11 is 52.7. The average Bonchev–Trinajstić information content (AvgIpc) is 3.06. The summed E-state index contributed by atoms with van der Waals surface area (Å²) in [6.07, 6.45) is 0. The third-order valence-electron chi connectivity index (χ3n) is 7.97. The molecule has 0 saturated carbocycles. The van der Waals surface area contributed by atoms with Gasteiger partial charge in [0.25, 0.3) is 0 Å². The molecule has 4 aromatic rings. The van der Waals surface area contributed by atoms with Crippen molar-refractivity contribution in [2.75, 3.05) is 23.9 Å². The third-order valence-corrected chi connectivity index (χ3v) is 25.1. The monoisotopic (exact) mass is 1560 g/mol. The number of ether oxygens (including phenoxy) is 2. The summed E-state index contributed by atoms with van der Waals surface area (Å²) in [5, 5.41) is 5.77. The standard InChI is InChI=1S/C33H26Br14O2/c1-33(2,15-3-13-5-19(38)29(46)31(25(13)17(36)7-15)48-11-23(42)27(44)21(40)9-34)16-4-14-6-20(39)30(47)32(26(14)18(37)8-16)49-12-24(43)28(45)22(41)10-35/h3-8,21-24,27-28H,9-12H2,1-2H3. The van der Waals surface area contributed by atoms with E-state index in [9.17, 15) is 0 Å². The van der Waals surface area contributed by atoms with Gasteiger partial charge in [-0.2, -0.15) is 0 Å². The predicted octanol–water partition coefficient (Wildman–Crippen LogP) is 17.0. The third kappa shape index (κ3) is 10.6. The summed E-state index contributed by atoms with van der Waals surface area (Å²) in [6.45, 7) is 5.45. The molecule has 2 nitrogen and oxygen atoms in total. The van der Waals surface area contributed by atoms with Gasteiger partial charge in [0.05, 0.1) is 18.6 Å². The minimum atomic E-state index is -0.357. The topological polar surface area (TPSA) is 18.5 Å². The van der Waals surface area contributed by atoms with Crippen LogP contribution in [0.3, 0.4) is 0 Å². The van der Waals surface area contributed by atoms with Crippen LogP contribution in [0, 0.1) is 0 Å². The van der Waals surface area contributed by atoms with Crippen molar-refractivity contribution in [2.45, 2.75) is 48.2 Å². The summed E-state index contributed by atoms with van der Waals surface area (Å²) in [7, 11) is 0. The molecule has 0 saturated heterocycles. The number of alkyl halides is 8. The Morgan fingerprint density at radius 2 is 0.857 bits per heavy atom. The van der Waals surface area contributed by atoms with Gasteiger partial charge < -0.3 is 9.47 Å². The molecule has 6 atom stereocenters. The Balaban J connectivity index is 1.74. The molecule has 0 amide bonds. The van der Waals surface area contributed by atoms with Crippen LogP contribution in [0.2, 0.25) is 0 Å². The molecule has 0 aromatic heterocycles. The first-order chi connectivity index (χ1) is 22.9. The molecule has 4 rings (SSSR count). The molecule has 49 heavy (non-hydrogen) atoms. The quantitative estimate of drug-likeness (QED) is 0.117. The number of fused-ring (bicyclic) bond motifs is 2. The van der Waals surface area contributed by atoms with Crippen molar-refractivity contribution in [3.8, 4) is 11.5 Å². The lowest BCUT2D eigenvalue weighted by Crippen LogP contribution is -2.30. The lowest BCUT2D eigenvalue weighted by atomic mass is 9.77. The Morgan fingerprint density at radius 3 is 1.18 bits per heavy atom. The molecule has 0 N–H and O–H groups in total. The molecule has 0 aliphatic rings. The second-order valence-corrected chi connectivity index (χ2v) is 24.7. The average molecular weight is 1570 g/mol. The van der Waals surface area contributed by atoms with Gasteiger partial charge in [0.1, 0.15) is 24.7 Å². The smallest absolute Gasteiger partial charge is 0.143 e. The van der Waals surface area contributed by atoms with Gasteiger partial charge in [-0.1, -0.05) is 185 Å². The molecule has 0 fully saturated rings. The van der Waals surface area contributed by atoms with Crippen molar-refractivity contribution in [3.63, 3.8) is 0 Å². The summed E-state index contributed by atoms with van der Waals surface area (Å²) < 4.78 is 18.5. The van der Waals surface area contributed by atoms with E-state index in [0.29, 0.717) is 13.2 Å². The minimum Gasteiger partial charge on any atom is -0.490 e. The van der Waals surface area contributed by atoms with E-state index in [2.05, 4.69) is 273 Å². The van der Waals surface area contributed by atoms with E-state index >= 15 is 0 Å². The van der Waals surface area contributed by atoms with Crippen LogP contribution in [0.5, 0.6) is 11.5 Å². The molecule has 0 bridgehead atoms. The van der Waals surface area contributed by atoms with Gasteiger partial charge >= 0.3 is 0 Å². The molecule has 0 spiro atoms. The Bertz CT molecular complexity index is 1690. The fourth-order valence-electron chi connectivity index (χ4n) is 5.09. The molecular formula is C33H26Br14O2. The molecule has 6 unspecified atom stereocenters. The lowest BCUT2D eigenvalue weighted by Gasteiger charge is -2.29. The molecule has 268 valence electrons. The lowest BCUT2D eigenvalue weighted by molar-refractivity contribution is 0.319. The van der Waals surface area contributed by atoms with Crippen LogP contribution in [0.1, 0.15) is 25.0 Å². The van der Waals surface area contributed by atoms with E-state index in [1.807, 2.05) is 0 Å². The van der Waals surface area contributed by atoms with Crippen molar-refractivity contribution in [1.82, 2.24) is 0 Å². The van der Waals surface area contributed by atoms with Gasteiger partial charge in [-0.25, -0.2) is 0 Å². The fourth-order valence-corrected chi connectivity index (χ4v) is 13.2. The summed E-state index contributed by atoms with van der Waals surface area (Å²) in [5.41, 5.74) is 1.96. The zero-order valence-electron chi connectivity index (χ0n) is 25.4. The number of hydrogen-bond acceptors (Lipinski definition) is 2. The highest BCUT2D eigenvalue weighted by atomic mass is 79.9. The van der Waals surface area contributed by atoms with Crippen molar-refractivity contribution in [3.05, 3.63) is 74.4 Å². The first kappa shape index (κ1) is 45.4. The van der Waals surface area contributed by atoms with Gasteiger partial charge in [0.15, 0.2) is 0 Å². The van der Waals surface area contributed by atoms with Crippen molar-refractivity contribution in [1.29, 1.82) is 0 Å². The Hall–Kier alpha value is 3.72. The van der Waals surface area contributed by atoms with Crippen LogP contribution in [-0.4, -0.2) is 52.8 Å². The van der Waals surface area contributed by atoms with Gasteiger partial charge in [-0.3, -0.25) is 0 Å². The van der Waals surface area contributed by atoms with E-state index in [0.717, 1.165) is 81.7 Å². The number of hydrogen-bond donors (Lipinski definition) is 0. The maximum Gasteiger partial charge on any atom is 0.143 e. The maximum absolute atomic E-state index is 6.50.